The van der Waals surface area contributed by atoms with Crippen LogP contribution in [0.3, 0.4) is 0 Å². The van der Waals surface area contributed by atoms with Gasteiger partial charge in [0.1, 0.15) is 11.5 Å². The van der Waals surface area contributed by atoms with Gasteiger partial charge in [-0.2, -0.15) is 0 Å². The summed E-state index contributed by atoms with van der Waals surface area (Å²) < 4.78 is 4.19. The molecule has 1 amide bonds. The van der Waals surface area contributed by atoms with Crippen molar-refractivity contribution in [3.8, 4) is 0 Å². The first-order valence-electron chi connectivity index (χ1n) is 8.28. The number of nitrogens with zero attached hydrogens (tertiary/aromatic N) is 5. The average molecular weight is 313 g/mol. The molecular formula is C17H23N5O. The maximum atomic E-state index is 13.0. The third-order valence-electron chi connectivity index (χ3n) is 5.03. The van der Waals surface area contributed by atoms with Gasteiger partial charge in [0.25, 0.3) is 5.91 Å². The summed E-state index contributed by atoms with van der Waals surface area (Å²) in [5, 5.41) is 0. The van der Waals surface area contributed by atoms with E-state index >= 15 is 0 Å². The minimum atomic E-state index is 0.147. The fourth-order valence-electron chi connectivity index (χ4n) is 3.44. The SMILES string of the molecule is CN1CCN(C(=O)c2cccn2C2CC2)C[C@H]1c1nccn1C. The molecule has 0 N–H and O–H groups in total. The van der Waals surface area contributed by atoms with Crippen LogP contribution in [0.25, 0.3) is 0 Å². The molecule has 3 heterocycles. The first-order valence-corrected chi connectivity index (χ1v) is 8.28. The second-order valence-electron chi connectivity index (χ2n) is 6.68. The predicted octanol–water partition coefficient (Wildman–Crippen LogP) is 1.69. The van der Waals surface area contributed by atoms with Crippen molar-refractivity contribution in [1.82, 2.24) is 23.9 Å². The number of aryl methyl sites for hydroxylation is 1. The first-order chi connectivity index (χ1) is 11.1. The van der Waals surface area contributed by atoms with Crippen LogP contribution < -0.4 is 0 Å². The number of carbonyl (C=O) groups excluding carboxylic acids is 1. The molecule has 2 aliphatic rings. The minimum Gasteiger partial charge on any atom is -0.340 e. The van der Waals surface area contributed by atoms with Gasteiger partial charge in [0, 0.05) is 51.3 Å². The molecule has 1 saturated heterocycles. The molecule has 0 spiro atoms. The molecule has 2 aromatic heterocycles. The Hall–Kier alpha value is -2.08. The Morgan fingerprint density at radius 1 is 1.22 bits per heavy atom. The van der Waals surface area contributed by atoms with Crippen molar-refractivity contribution < 1.29 is 4.79 Å². The quantitative estimate of drug-likeness (QED) is 0.866. The zero-order chi connectivity index (χ0) is 16.0. The second kappa shape index (κ2) is 5.53. The summed E-state index contributed by atoms with van der Waals surface area (Å²) in [5.41, 5.74) is 0.829. The summed E-state index contributed by atoms with van der Waals surface area (Å²) >= 11 is 0. The molecule has 1 saturated carbocycles. The Labute approximate surface area is 136 Å². The van der Waals surface area contributed by atoms with Crippen molar-refractivity contribution in [1.29, 1.82) is 0 Å². The van der Waals surface area contributed by atoms with E-state index in [1.807, 2.05) is 47.2 Å². The number of amides is 1. The highest BCUT2D eigenvalue weighted by molar-refractivity contribution is 5.93. The third kappa shape index (κ3) is 2.57. The van der Waals surface area contributed by atoms with Gasteiger partial charge in [0.15, 0.2) is 0 Å². The Bertz CT molecular complexity index is 714. The van der Waals surface area contributed by atoms with E-state index in [0.29, 0.717) is 12.6 Å². The van der Waals surface area contributed by atoms with Crippen molar-refractivity contribution >= 4 is 5.91 Å². The maximum absolute atomic E-state index is 13.0. The van der Waals surface area contributed by atoms with E-state index in [1.165, 1.54) is 12.8 Å². The van der Waals surface area contributed by atoms with Crippen LogP contribution in [0.1, 0.15) is 41.2 Å². The van der Waals surface area contributed by atoms with Crippen molar-refractivity contribution in [2.45, 2.75) is 24.9 Å². The molecule has 2 fully saturated rings. The molecule has 2 aromatic rings. The fraction of sp³-hybridized carbons (Fsp3) is 0.529. The molecule has 0 aromatic carbocycles. The van der Waals surface area contributed by atoms with Crippen LogP contribution >= 0.6 is 0 Å². The zero-order valence-corrected chi connectivity index (χ0v) is 13.7. The highest BCUT2D eigenvalue weighted by Gasteiger charge is 2.33. The number of carbonyl (C=O) groups is 1. The molecule has 0 unspecified atom stereocenters. The number of hydrogen-bond acceptors (Lipinski definition) is 3. The second-order valence-corrected chi connectivity index (χ2v) is 6.68. The van der Waals surface area contributed by atoms with Gasteiger partial charge in [0.2, 0.25) is 0 Å². The molecular weight excluding hydrogens is 290 g/mol. The molecule has 6 heteroatoms. The highest BCUT2D eigenvalue weighted by Crippen LogP contribution is 2.36. The largest absolute Gasteiger partial charge is 0.340 e. The van der Waals surface area contributed by atoms with Crippen LogP contribution in [0.2, 0.25) is 0 Å². The van der Waals surface area contributed by atoms with Gasteiger partial charge >= 0.3 is 0 Å². The van der Waals surface area contributed by atoms with E-state index in [1.54, 1.807) is 0 Å². The van der Waals surface area contributed by atoms with Crippen molar-refractivity contribution in [3.63, 3.8) is 0 Å². The van der Waals surface area contributed by atoms with E-state index in [0.717, 1.165) is 24.6 Å². The molecule has 23 heavy (non-hydrogen) atoms. The summed E-state index contributed by atoms with van der Waals surface area (Å²) in [6.07, 6.45) is 8.20. The molecule has 1 atom stereocenters. The molecule has 6 nitrogen and oxygen atoms in total. The fourth-order valence-corrected chi connectivity index (χ4v) is 3.44. The predicted molar refractivity (Wildman–Crippen MR) is 87.2 cm³/mol. The number of rotatable bonds is 3. The smallest absolute Gasteiger partial charge is 0.270 e. The lowest BCUT2D eigenvalue weighted by Gasteiger charge is -2.39. The van der Waals surface area contributed by atoms with Crippen LogP contribution in [0.15, 0.2) is 30.7 Å². The molecule has 122 valence electrons. The first kappa shape index (κ1) is 14.5. The van der Waals surface area contributed by atoms with E-state index in [4.69, 9.17) is 0 Å². The van der Waals surface area contributed by atoms with Crippen molar-refractivity contribution in [2.75, 3.05) is 26.7 Å². The number of piperazine rings is 1. The summed E-state index contributed by atoms with van der Waals surface area (Å²) in [7, 11) is 4.11. The molecule has 1 aliphatic carbocycles. The molecule has 1 aliphatic heterocycles. The lowest BCUT2D eigenvalue weighted by atomic mass is 10.1. The van der Waals surface area contributed by atoms with Crippen LogP contribution in [0.4, 0.5) is 0 Å². The minimum absolute atomic E-state index is 0.147. The van der Waals surface area contributed by atoms with E-state index in [9.17, 15) is 4.79 Å². The van der Waals surface area contributed by atoms with Crippen molar-refractivity contribution in [3.05, 3.63) is 42.2 Å². The van der Waals surface area contributed by atoms with Gasteiger partial charge in [-0.15, -0.1) is 0 Å². The molecule has 4 rings (SSSR count). The highest BCUT2D eigenvalue weighted by atomic mass is 16.2. The van der Waals surface area contributed by atoms with Gasteiger partial charge in [0.05, 0.1) is 6.04 Å². The van der Waals surface area contributed by atoms with Gasteiger partial charge in [-0.25, -0.2) is 4.98 Å². The van der Waals surface area contributed by atoms with E-state index < -0.39 is 0 Å². The van der Waals surface area contributed by atoms with Crippen LogP contribution in [-0.4, -0.2) is 56.5 Å². The number of aromatic nitrogens is 3. The molecule has 0 radical (unpaired) electrons. The summed E-state index contributed by atoms with van der Waals surface area (Å²) in [5.74, 6) is 1.16. The van der Waals surface area contributed by atoms with Crippen molar-refractivity contribution in [2.24, 2.45) is 7.05 Å². The van der Waals surface area contributed by atoms with Gasteiger partial charge in [-0.05, 0) is 32.0 Å². The lowest BCUT2D eigenvalue weighted by molar-refractivity contribution is 0.0519. The normalized spacial score (nSPS) is 22.5. The Morgan fingerprint density at radius 3 is 2.74 bits per heavy atom. The summed E-state index contributed by atoms with van der Waals surface area (Å²) in [6.45, 7) is 2.33. The Morgan fingerprint density at radius 2 is 2.04 bits per heavy atom. The Kier molecular flexibility index (Phi) is 3.49. The lowest BCUT2D eigenvalue weighted by Crippen LogP contribution is -2.49. The number of hydrogen-bond donors (Lipinski definition) is 0. The Balaban J connectivity index is 1.56. The van der Waals surface area contributed by atoms with Gasteiger partial charge in [-0.1, -0.05) is 0 Å². The van der Waals surface area contributed by atoms with Gasteiger partial charge in [-0.3, -0.25) is 9.69 Å². The monoisotopic (exact) mass is 313 g/mol. The summed E-state index contributed by atoms with van der Waals surface area (Å²) in [6, 6.07) is 4.62. The van der Waals surface area contributed by atoms with Crippen LogP contribution in [-0.2, 0) is 7.05 Å². The summed E-state index contributed by atoms with van der Waals surface area (Å²) in [4.78, 5) is 21.7. The number of likely N-dealkylation sites (N-methyl/N-ethyl adjacent to an activating group) is 1. The topological polar surface area (TPSA) is 46.3 Å². The van der Waals surface area contributed by atoms with E-state index in [-0.39, 0.29) is 11.9 Å². The van der Waals surface area contributed by atoms with Crippen LogP contribution in [0, 0.1) is 0 Å². The zero-order valence-electron chi connectivity index (χ0n) is 13.7. The van der Waals surface area contributed by atoms with E-state index in [2.05, 4.69) is 21.5 Å². The number of imidazole rings is 1. The third-order valence-corrected chi connectivity index (χ3v) is 5.03. The average Bonchev–Trinajstić information content (AvgIpc) is 3.12. The molecule has 0 bridgehead atoms. The van der Waals surface area contributed by atoms with Gasteiger partial charge < -0.3 is 14.0 Å². The maximum Gasteiger partial charge on any atom is 0.270 e. The standard InChI is InChI=1S/C17H23N5O/c1-19-10-11-21(12-15(19)16-18-7-9-20(16)2)17(23)14-4-3-8-22(14)13-5-6-13/h3-4,7-9,13,15H,5-6,10-12H2,1-2H3/t15-/m0/s1. The van der Waals surface area contributed by atoms with Crippen LogP contribution in [0.5, 0.6) is 0 Å².